The van der Waals surface area contributed by atoms with Crippen molar-refractivity contribution in [2.75, 3.05) is 24.6 Å². The van der Waals surface area contributed by atoms with E-state index in [1.165, 1.54) is 12.4 Å². The molecule has 0 unspecified atom stereocenters. The number of ether oxygens (including phenoxy) is 1. The highest BCUT2D eigenvalue weighted by molar-refractivity contribution is 5.93. The van der Waals surface area contributed by atoms with Crippen LogP contribution in [0.25, 0.3) is 22.3 Å². The molecule has 0 radical (unpaired) electrons. The second-order valence-electron chi connectivity index (χ2n) is 7.11. The molecule has 1 saturated heterocycles. The molecular weight excluding hydrogens is 349 g/mol. The van der Waals surface area contributed by atoms with Crippen LogP contribution in [0.2, 0.25) is 0 Å². The first-order valence-electron chi connectivity index (χ1n) is 9.07. The van der Waals surface area contributed by atoms with E-state index in [2.05, 4.69) is 25.1 Å². The maximum absolute atomic E-state index is 14.2. The van der Waals surface area contributed by atoms with E-state index in [1.807, 2.05) is 19.9 Å². The number of aliphatic hydroxyl groups excluding tert-OH is 1. The molecule has 1 aliphatic rings. The van der Waals surface area contributed by atoms with Gasteiger partial charge in [0.15, 0.2) is 11.6 Å². The van der Waals surface area contributed by atoms with Crippen molar-refractivity contribution >= 4 is 16.7 Å². The van der Waals surface area contributed by atoms with Crippen molar-refractivity contribution in [3.05, 3.63) is 30.3 Å². The van der Waals surface area contributed by atoms with Crippen LogP contribution in [0, 0.1) is 11.7 Å². The zero-order valence-electron chi connectivity index (χ0n) is 15.3. The van der Waals surface area contributed by atoms with Crippen molar-refractivity contribution < 1.29 is 14.2 Å². The Balaban J connectivity index is 1.71. The van der Waals surface area contributed by atoms with Crippen LogP contribution in [0.3, 0.4) is 0 Å². The summed E-state index contributed by atoms with van der Waals surface area (Å²) in [5.74, 6) is 0.836. The second-order valence-corrected chi connectivity index (χ2v) is 7.11. The minimum atomic E-state index is -0.429. The molecular formula is C19H22FN5O2. The molecule has 4 rings (SSSR count). The van der Waals surface area contributed by atoms with Crippen LogP contribution in [0.5, 0.6) is 5.75 Å². The van der Waals surface area contributed by atoms with Crippen molar-refractivity contribution in [1.29, 1.82) is 0 Å². The maximum atomic E-state index is 14.2. The van der Waals surface area contributed by atoms with E-state index in [0.29, 0.717) is 16.9 Å². The lowest BCUT2D eigenvalue weighted by Crippen LogP contribution is -2.21. The van der Waals surface area contributed by atoms with Gasteiger partial charge in [-0.25, -0.2) is 14.4 Å². The van der Waals surface area contributed by atoms with Crippen LogP contribution in [-0.4, -0.2) is 51.1 Å². The predicted octanol–water partition coefficient (Wildman–Crippen LogP) is 2.76. The molecule has 8 heteroatoms. The Hall–Kier alpha value is -2.74. The molecule has 7 nitrogen and oxygen atoms in total. The van der Waals surface area contributed by atoms with Crippen LogP contribution < -0.4 is 9.64 Å². The van der Waals surface area contributed by atoms with Crippen molar-refractivity contribution in [3.8, 4) is 17.1 Å². The summed E-state index contributed by atoms with van der Waals surface area (Å²) in [6.07, 6.45) is 2.32. The van der Waals surface area contributed by atoms with Crippen LogP contribution in [0.1, 0.15) is 20.3 Å². The largest absolute Gasteiger partial charge is 0.488 e. The van der Waals surface area contributed by atoms with Gasteiger partial charge in [-0.1, -0.05) is 0 Å². The molecule has 1 aromatic carbocycles. The minimum absolute atomic E-state index is 0.132. The van der Waals surface area contributed by atoms with E-state index in [9.17, 15) is 9.50 Å². The smallest absolute Gasteiger partial charge is 0.167 e. The zero-order chi connectivity index (χ0) is 19.0. The van der Waals surface area contributed by atoms with Gasteiger partial charge in [-0.05, 0) is 26.3 Å². The highest BCUT2D eigenvalue weighted by Crippen LogP contribution is 2.32. The van der Waals surface area contributed by atoms with Gasteiger partial charge in [-0.15, -0.1) is 0 Å². The predicted molar refractivity (Wildman–Crippen MR) is 100 cm³/mol. The Morgan fingerprint density at radius 2 is 2.19 bits per heavy atom. The molecule has 0 saturated carbocycles. The summed E-state index contributed by atoms with van der Waals surface area (Å²) >= 11 is 0. The summed E-state index contributed by atoms with van der Waals surface area (Å²) in [4.78, 5) is 10.8. The van der Waals surface area contributed by atoms with E-state index in [-0.39, 0.29) is 24.4 Å². The molecule has 3 aromatic rings. The highest BCUT2D eigenvalue weighted by atomic mass is 19.1. The zero-order valence-corrected chi connectivity index (χ0v) is 15.3. The lowest BCUT2D eigenvalue weighted by molar-refractivity contribution is 0.231. The van der Waals surface area contributed by atoms with Gasteiger partial charge < -0.3 is 14.7 Å². The van der Waals surface area contributed by atoms with Gasteiger partial charge in [0, 0.05) is 43.1 Å². The van der Waals surface area contributed by atoms with E-state index in [4.69, 9.17) is 4.74 Å². The number of aliphatic hydroxyl groups is 1. The summed E-state index contributed by atoms with van der Waals surface area (Å²) in [5, 5.41) is 17.3. The number of halogens is 1. The van der Waals surface area contributed by atoms with Crippen molar-refractivity contribution in [2.45, 2.75) is 26.4 Å². The number of fused-ring (bicyclic) bond motifs is 1. The maximum Gasteiger partial charge on any atom is 0.167 e. The van der Waals surface area contributed by atoms with Crippen LogP contribution >= 0.6 is 0 Å². The first-order chi connectivity index (χ1) is 13.0. The first-order valence-corrected chi connectivity index (χ1v) is 9.07. The minimum Gasteiger partial charge on any atom is -0.488 e. The van der Waals surface area contributed by atoms with Crippen LogP contribution in [0.4, 0.5) is 10.2 Å². The molecule has 2 aromatic heterocycles. The third-order valence-corrected chi connectivity index (χ3v) is 4.74. The molecule has 1 fully saturated rings. The lowest BCUT2D eigenvalue weighted by Gasteiger charge is -2.17. The Bertz CT molecular complexity index is 958. The van der Waals surface area contributed by atoms with Gasteiger partial charge in [0.05, 0.1) is 17.3 Å². The summed E-state index contributed by atoms with van der Waals surface area (Å²) in [6, 6.07) is 4.92. The van der Waals surface area contributed by atoms with E-state index in [0.717, 1.165) is 30.7 Å². The standard InChI is InChI=1S/C19H22FN5O2/c1-11(2)27-17-5-13-15(6-14(17)20)23-24-19(13)16-7-18(22-10-21-16)25-4-3-12(8-25)9-26/h5-7,10-12,26H,3-4,8-9H2,1-2H3,(H,23,24)/t12-/m0/s1. The SMILES string of the molecule is CC(C)Oc1cc2c(-c3cc(N4CC[C@H](CO)C4)ncn3)n[nH]c2cc1F. The van der Waals surface area contributed by atoms with E-state index in [1.54, 1.807) is 6.07 Å². The first kappa shape index (κ1) is 17.7. The van der Waals surface area contributed by atoms with Gasteiger partial charge in [0.2, 0.25) is 0 Å². The lowest BCUT2D eigenvalue weighted by atomic mass is 10.1. The second kappa shape index (κ2) is 7.11. The summed E-state index contributed by atoms with van der Waals surface area (Å²) in [7, 11) is 0. The average molecular weight is 371 g/mol. The fraction of sp³-hybridized carbons (Fsp3) is 0.421. The summed E-state index contributed by atoms with van der Waals surface area (Å²) in [6.45, 7) is 5.51. The fourth-order valence-corrected chi connectivity index (χ4v) is 3.40. The van der Waals surface area contributed by atoms with Gasteiger partial charge >= 0.3 is 0 Å². The molecule has 2 N–H and O–H groups in total. The van der Waals surface area contributed by atoms with Crippen LogP contribution in [-0.2, 0) is 0 Å². The molecule has 0 amide bonds. The van der Waals surface area contributed by atoms with Crippen molar-refractivity contribution in [3.63, 3.8) is 0 Å². The summed E-state index contributed by atoms with van der Waals surface area (Å²) in [5.41, 5.74) is 1.86. The number of nitrogens with zero attached hydrogens (tertiary/aromatic N) is 4. The summed E-state index contributed by atoms with van der Waals surface area (Å²) < 4.78 is 19.8. The van der Waals surface area contributed by atoms with Crippen LogP contribution in [0.15, 0.2) is 24.5 Å². The third-order valence-electron chi connectivity index (χ3n) is 4.74. The molecule has 142 valence electrons. The normalized spacial score (nSPS) is 17.2. The monoisotopic (exact) mass is 371 g/mol. The van der Waals surface area contributed by atoms with Gasteiger partial charge in [-0.3, -0.25) is 5.10 Å². The number of H-pyrrole nitrogens is 1. The highest BCUT2D eigenvalue weighted by Gasteiger charge is 2.23. The van der Waals surface area contributed by atoms with Crippen molar-refractivity contribution in [1.82, 2.24) is 20.2 Å². The topological polar surface area (TPSA) is 87.2 Å². The number of hydrogen-bond donors (Lipinski definition) is 2. The number of aromatic nitrogens is 4. The van der Waals surface area contributed by atoms with Gasteiger partial charge in [0.1, 0.15) is 17.8 Å². The number of anilines is 1. The average Bonchev–Trinajstić information content (AvgIpc) is 3.28. The number of nitrogens with one attached hydrogen (secondary N) is 1. The van der Waals surface area contributed by atoms with E-state index >= 15 is 0 Å². The number of benzene rings is 1. The quantitative estimate of drug-likeness (QED) is 0.717. The number of hydrogen-bond acceptors (Lipinski definition) is 6. The molecule has 3 heterocycles. The molecule has 0 aliphatic carbocycles. The number of rotatable bonds is 5. The molecule has 27 heavy (non-hydrogen) atoms. The van der Waals surface area contributed by atoms with Crippen molar-refractivity contribution in [2.24, 2.45) is 5.92 Å². The third kappa shape index (κ3) is 3.44. The van der Waals surface area contributed by atoms with Gasteiger partial charge in [-0.2, -0.15) is 5.10 Å². The molecule has 0 bridgehead atoms. The Labute approximate surface area is 156 Å². The van der Waals surface area contributed by atoms with E-state index < -0.39 is 5.82 Å². The van der Waals surface area contributed by atoms with Gasteiger partial charge in [0.25, 0.3) is 0 Å². The Kier molecular flexibility index (Phi) is 4.65. The Morgan fingerprint density at radius 3 is 2.93 bits per heavy atom. The molecule has 0 spiro atoms. The Morgan fingerprint density at radius 1 is 1.33 bits per heavy atom. The molecule has 1 atom stereocenters. The fourth-order valence-electron chi connectivity index (χ4n) is 3.40. The number of aromatic amines is 1. The molecule has 1 aliphatic heterocycles.